The van der Waals surface area contributed by atoms with Crippen LogP contribution in [-0.4, -0.2) is 62.5 Å². The van der Waals surface area contributed by atoms with E-state index in [9.17, 15) is 4.79 Å². The van der Waals surface area contributed by atoms with Crippen molar-refractivity contribution in [2.24, 2.45) is 0 Å². The zero-order valence-corrected chi connectivity index (χ0v) is 21.8. The van der Waals surface area contributed by atoms with Gasteiger partial charge in [-0.3, -0.25) is 15.6 Å². The number of carbonyl (C=O) groups excluding carboxylic acids is 1. The van der Waals surface area contributed by atoms with Crippen LogP contribution in [0.3, 0.4) is 0 Å². The van der Waals surface area contributed by atoms with Gasteiger partial charge in [-0.25, -0.2) is 0 Å². The smallest absolute Gasteiger partial charge is 0.265 e. The average molecular weight is 598 g/mol. The highest BCUT2D eigenvalue weighted by molar-refractivity contribution is 6.76. The van der Waals surface area contributed by atoms with Crippen molar-refractivity contribution in [3.63, 3.8) is 0 Å². The van der Waals surface area contributed by atoms with E-state index >= 15 is 0 Å². The molecule has 2 fully saturated rings. The van der Waals surface area contributed by atoms with Crippen molar-refractivity contribution in [3.05, 3.63) is 35.9 Å². The van der Waals surface area contributed by atoms with Crippen LogP contribution in [0.15, 0.2) is 30.3 Å². The number of hydrogen-bond acceptors (Lipinski definition) is 8. The summed E-state index contributed by atoms with van der Waals surface area (Å²) in [4.78, 5) is 12.0. The second-order valence-corrected chi connectivity index (χ2v) is 11.9. The fraction of sp³-hybridized carbons (Fsp3) is 0.526. The van der Waals surface area contributed by atoms with Gasteiger partial charge in [0.15, 0.2) is 12.4 Å². The van der Waals surface area contributed by atoms with Crippen LogP contribution in [0.2, 0.25) is 0 Å². The first-order chi connectivity index (χ1) is 15.8. The van der Waals surface area contributed by atoms with Crippen LogP contribution in [0.5, 0.6) is 0 Å². The second kappa shape index (κ2) is 11.1. The number of ether oxygens (including phenoxy) is 5. The second-order valence-electron chi connectivity index (χ2n) is 7.30. The summed E-state index contributed by atoms with van der Waals surface area (Å²) in [6.45, 7) is 1.23. The Morgan fingerprint density at radius 1 is 1.00 bits per heavy atom. The molecule has 0 aromatic heterocycles. The van der Waals surface area contributed by atoms with Gasteiger partial charge in [-0.1, -0.05) is 99.9 Å². The summed E-state index contributed by atoms with van der Waals surface area (Å²) in [5.41, 5.74) is 0.712. The summed E-state index contributed by atoms with van der Waals surface area (Å²) >= 11 is 34.6. The molecule has 0 radical (unpaired) electrons. The fourth-order valence-electron chi connectivity index (χ4n) is 3.37. The van der Waals surface area contributed by atoms with E-state index in [-0.39, 0.29) is 6.61 Å². The first kappa shape index (κ1) is 27.8. The van der Waals surface area contributed by atoms with Gasteiger partial charge in [-0.05, 0) is 0 Å². The summed E-state index contributed by atoms with van der Waals surface area (Å²) < 4.78 is 24.5. The molecule has 3 rings (SSSR count). The average Bonchev–Trinajstić information content (AvgIpc) is 2.74. The first-order valence-corrected chi connectivity index (χ1v) is 11.9. The molecule has 2 saturated heterocycles. The van der Waals surface area contributed by atoms with Gasteiger partial charge in [0.2, 0.25) is 24.0 Å². The molecule has 2 aliphatic heterocycles. The molecular formula is C19H19Cl6N3O6. The van der Waals surface area contributed by atoms with Crippen LogP contribution in [-0.2, 0) is 28.5 Å². The minimum Gasteiger partial charge on any atom is -0.469 e. The molecule has 1 amide bonds. The molecule has 1 aromatic rings. The molecule has 0 spiro atoms. The van der Waals surface area contributed by atoms with Crippen molar-refractivity contribution in [2.45, 2.75) is 51.4 Å². The summed E-state index contributed by atoms with van der Waals surface area (Å²) in [7, 11) is 0. The molecular weight excluding hydrogens is 579 g/mol. The van der Waals surface area contributed by atoms with Gasteiger partial charge in [0.1, 0.15) is 18.2 Å². The molecule has 6 atom stereocenters. The fourth-order valence-corrected chi connectivity index (χ4v) is 3.63. The van der Waals surface area contributed by atoms with Crippen LogP contribution in [0.25, 0.3) is 0 Å². The zero-order chi connectivity index (χ0) is 25.3. The van der Waals surface area contributed by atoms with Gasteiger partial charge in [0.05, 0.1) is 6.61 Å². The lowest BCUT2D eigenvalue weighted by molar-refractivity contribution is -0.334. The number of rotatable bonds is 4. The Hall–Kier alpha value is -0.750. The van der Waals surface area contributed by atoms with Gasteiger partial charge in [-0.2, -0.15) is 0 Å². The van der Waals surface area contributed by atoms with E-state index in [1.165, 1.54) is 6.92 Å². The summed E-state index contributed by atoms with van der Waals surface area (Å²) in [6.07, 6.45) is -5.17. The van der Waals surface area contributed by atoms with E-state index in [1.807, 2.05) is 18.2 Å². The number of alkyl halides is 6. The summed E-state index contributed by atoms with van der Waals surface area (Å²) in [6, 6.07) is 7.88. The van der Waals surface area contributed by atoms with E-state index in [4.69, 9.17) is 104 Å². The number of carbonyl (C=O) groups is 1. The maximum absolute atomic E-state index is 12.0. The molecule has 9 nitrogen and oxygen atoms in total. The van der Waals surface area contributed by atoms with Gasteiger partial charge in [0.25, 0.3) is 7.59 Å². The zero-order valence-electron chi connectivity index (χ0n) is 17.3. The topological polar surface area (TPSA) is 123 Å². The predicted octanol–water partition coefficient (Wildman–Crippen LogP) is 4.43. The Bertz CT molecular complexity index is 912. The van der Waals surface area contributed by atoms with Crippen LogP contribution in [0, 0.1) is 10.8 Å². The van der Waals surface area contributed by atoms with Crippen LogP contribution >= 0.6 is 69.6 Å². The highest BCUT2D eigenvalue weighted by atomic mass is 35.6. The largest absolute Gasteiger partial charge is 0.469 e. The molecule has 188 valence electrons. The number of hydrogen-bond donors (Lipinski definition) is 3. The Morgan fingerprint density at radius 3 is 2.15 bits per heavy atom. The lowest BCUT2D eigenvalue weighted by atomic mass is 9.95. The third-order valence-corrected chi connectivity index (χ3v) is 5.81. The Balaban J connectivity index is 1.95. The van der Waals surface area contributed by atoms with E-state index < -0.39 is 62.2 Å². The lowest BCUT2D eigenvalue weighted by Gasteiger charge is -2.49. The molecule has 0 unspecified atom stereocenters. The molecule has 3 N–H and O–H groups in total. The Kier molecular flexibility index (Phi) is 9.09. The van der Waals surface area contributed by atoms with E-state index in [2.05, 4.69) is 5.32 Å². The van der Waals surface area contributed by atoms with E-state index in [1.54, 1.807) is 12.1 Å². The van der Waals surface area contributed by atoms with Crippen LogP contribution < -0.4 is 5.32 Å². The molecule has 0 saturated carbocycles. The number of benzene rings is 1. The minimum absolute atomic E-state index is 0.00105. The first-order valence-electron chi connectivity index (χ1n) is 9.66. The summed E-state index contributed by atoms with van der Waals surface area (Å²) in [5, 5.41) is 18.6. The Morgan fingerprint density at radius 2 is 1.59 bits per heavy atom. The molecule has 1 aromatic carbocycles. The van der Waals surface area contributed by atoms with Gasteiger partial charge >= 0.3 is 0 Å². The van der Waals surface area contributed by atoms with Gasteiger partial charge in [-0.15, -0.1) is 0 Å². The molecule has 0 aliphatic carbocycles. The van der Waals surface area contributed by atoms with Crippen molar-refractivity contribution in [3.8, 4) is 0 Å². The van der Waals surface area contributed by atoms with Crippen LogP contribution in [0.1, 0.15) is 18.8 Å². The van der Waals surface area contributed by atoms with E-state index in [0.717, 1.165) is 0 Å². The maximum Gasteiger partial charge on any atom is 0.265 e. The third-order valence-electron chi connectivity index (χ3n) is 4.78. The van der Waals surface area contributed by atoms with Crippen molar-refractivity contribution in [2.75, 3.05) is 6.61 Å². The molecule has 34 heavy (non-hydrogen) atoms. The number of fused-ring (bicyclic) bond motifs is 1. The number of amides is 1. The predicted molar refractivity (Wildman–Crippen MR) is 128 cm³/mol. The van der Waals surface area contributed by atoms with E-state index in [0.29, 0.717) is 5.56 Å². The van der Waals surface area contributed by atoms with Crippen molar-refractivity contribution < 1.29 is 28.5 Å². The standard InChI is InChI=1S/C19H19Cl6N3O6/c1-8(29)28-11-13(33-16(26)18(20,21)22)12-10(31-15(11)34-17(27)19(23,24)25)7-30-14(32-12)9-5-3-2-4-6-9/h2-6,10-15,26-27H,7H2,1H3,(H,28,29)/t10-,11-,12+,13-,14+,15-/m1/s1. The third kappa shape index (κ3) is 6.93. The van der Waals surface area contributed by atoms with Gasteiger partial charge in [0, 0.05) is 12.5 Å². The van der Waals surface area contributed by atoms with Crippen molar-refractivity contribution in [1.29, 1.82) is 10.8 Å². The van der Waals surface area contributed by atoms with Crippen molar-refractivity contribution >= 4 is 87.3 Å². The SMILES string of the molecule is CC(=O)N[C@H]1[C@@H](OC(=N)C(Cl)(Cl)Cl)O[C@@H]2CO[C@H](c3ccccc3)O[C@@H]2[C@@H]1OC(=N)C(Cl)(Cl)Cl. The molecule has 2 aliphatic rings. The van der Waals surface area contributed by atoms with Crippen molar-refractivity contribution in [1.82, 2.24) is 5.32 Å². The number of halogens is 6. The monoisotopic (exact) mass is 595 g/mol. The Labute approximate surface area is 225 Å². The molecule has 15 heteroatoms. The molecule has 0 bridgehead atoms. The van der Waals surface area contributed by atoms with Gasteiger partial charge < -0.3 is 29.0 Å². The lowest BCUT2D eigenvalue weighted by Crippen LogP contribution is -2.68. The highest BCUT2D eigenvalue weighted by Crippen LogP contribution is 2.38. The normalized spacial score (nSPS) is 29.5. The summed E-state index contributed by atoms with van der Waals surface area (Å²) in [5.74, 6) is -2.02. The van der Waals surface area contributed by atoms with Crippen LogP contribution in [0.4, 0.5) is 0 Å². The quantitative estimate of drug-likeness (QED) is 0.268. The number of nitrogens with one attached hydrogen (secondary N) is 3. The maximum atomic E-state index is 12.0. The molecule has 2 heterocycles. The minimum atomic E-state index is -2.21. The highest BCUT2D eigenvalue weighted by Gasteiger charge is 2.54.